The lowest BCUT2D eigenvalue weighted by atomic mass is 9.91. The zero-order chi connectivity index (χ0) is 16.2. The molecule has 0 N–H and O–H groups in total. The van der Waals surface area contributed by atoms with Crippen LogP contribution in [0.3, 0.4) is 0 Å². The molecule has 1 fully saturated rings. The third-order valence-corrected chi connectivity index (χ3v) is 5.75. The van der Waals surface area contributed by atoms with E-state index in [-0.39, 0.29) is 6.04 Å². The summed E-state index contributed by atoms with van der Waals surface area (Å²) in [5.74, 6) is 0.448. The molecule has 1 unspecified atom stereocenters. The fourth-order valence-electron chi connectivity index (χ4n) is 4.33. The van der Waals surface area contributed by atoms with Gasteiger partial charge < -0.3 is 4.48 Å². The van der Waals surface area contributed by atoms with Crippen LogP contribution in [0.4, 0.5) is 0 Å². The number of rotatable bonds is 6. The van der Waals surface area contributed by atoms with E-state index in [2.05, 4.69) is 45.9 Å². The Bertz CT molecular complexity index is 494. The first-order valence-electron chi connectivity index (χ1n) is 8.97. The van der Waals surface area contributed by atoms with E-state index < -0.39 is 0 Å². The van der Waals surface area contributed by atoms with Crippen molar-refractivity contribution in [2.24, 2.45) is 0 Å². The van der Waals surface area contributed by atoms with Crippen LogP contribution in [0, 0.1) is 13.8 Å². The van der Waals surface area contributed by atoms with Crippen LogP contribution in [0.25, 0.3) is 0 Å². The quantitative estimate of drug-likeness (QED) is 0.719. The van der Waals surface area contributed by atoms with E-state index in [1.807, 2.05) is 0 Å². The predicted octanol–water partition coefficient (Wildman–Crippen LogP) is 4.21. The highest BCUT2D eigenvalue weighted by Gasteiger charge is 2.40. The number of likely N-dealkylation sites (N-methyl/N-ethyl adjacent to an activating group) is 1. The predicted molar refractivity (Wildman–Crippen MR) is 93.1 cm³/mol. The largest absolute Gasteiger partial charge is 0.315 e. The van der Waals surface area contributed by atoms with E-state index in [0.717, 1.165) is 17.4 Å². The molecule has 1 aromatic carbocycles. The van der Waals surface area contributed by atoms with Gasteiger partial charge in [0.15, 0.2) is 5.78 Å². The van der Waals surface area contributed by atoms with Gasteiger partial charge in [-0.25, -0.2) is 0 Å². The van der Waals surface area contributed by atoms with Crippen LogP contribution in [0.1, 0.15) is 56.2 Å². The first-order chi connectivity index (χ1) is 10.5. The molecule has 1 aliphatic heterocycles. The highest BCUT2D eigenvalue weighted by Crippen LogP contribution is 2.27. The molecule has 2 heteroatoms. The molecule has 1 atom stereocenters. The van der Waals surface area contributed by atoms with Gasteiger partial charge in [-0.2, -0.15) is 0 Å². The summed E-state index contributed by atoms with van der Waals surface area (Å²) in [5.41, 5.74) is 3.76. The van der Waals surface area contributed by atoms with Gasteiger partial charge in [0.05, 0.1) is 19.6 Å². The minimum atomic E-state index is 0.185. The zero-order valence-electron chi connectivity index (χ0n) is 14.8. The summed E-state index contributed by atoms with van der Waals surface area (Å²) in [6.07, 6.45) is 5.47. The average molecular weight is 302 g/mol. The van der Waals surface area contributed by atoms with E-state index in [0.29, 0.717) is 12.2 Å². The minimum absolute atomic E-state index is 0.185. The zero-order valence-corrected chi connectivity index (χ0v) is 14.8. The Kier molecular flexibility index (Phi) is 5.80. The number of carbonyl (C=O) groups excluding carboxylic acids is 1. The van der Waals surface area contributed by atoms with Crippen LogP contribution in [0.2, 0.25) is 0 Å². The first-order valence-corrected chi connectivity index (χ1v) is 8.97. The van der Waals surface area contributed by atoms with Crippen molar-refractivity contribution in [3.05, 3.63) is 34.9 Å². The molecular weight excluding hydrogens is 270 g/mol. The van der Waals surface area contributed by atoms with Crippen LogP contribution < -0.4 is 0 Å². The van der Waals surface area contributed by atoms with Crippen LogP contribution >= 0.6 is 0 Å². The molecule has 0 amide bonds. The van der Waals surface area contributed by atoms with E-state index in [1.54, 1.807) is 0 Å². The van der Waals surface area contributed by atoms with Gasteiger partial charge in [-0.1, -0.05) is 25.1 Å². The van der Waals surface area contributed by atoms with Gasteiger partial charge in [0.1, 0.15) is 6.04 Å². The number of benzene rings is 1. The van der Waals surface area contributed by atoms with E-state index in [1.165, 1.54) is 49.0 Å². The van der Waals surface area contributed by atoms with Gasteiger partial charge in [-0.15, -0.1) is 0 Å². The fourth-order valence-corrected chi connectivity index (χ4v) is 4.33. The van der Waals surface area contributed by atoms with Gasteiger partial charge in [-0.05, 0) is 56.7 Å². The second kappa shape index (κ2) is 7.41. The maximum Gasteiger partial charge on any atom is 0.194 e. The Morgan fingerprint density at radius 1 is 1.09 bits per heavy atom. The second-order valence-electron chi connectivity index (χ2n) is 6.98. The van der Waals surface area contributed by atoms with Gasteiger partial charge in [-0.3, -0.25) is 4.79 Å². The number of ketones is 1. The first kappa shape index (κ1) is 17.2. The van der Waals surface area contributed by atoms with Crippen molar-refractivity contribution in [1.29, 1.82) is 0 Å². The molecule has 1 aromatic rings. The summed E-state index contributed by atoms with van der Waals surface area (Å²) in [6.45, 7) is 12.2. The van der Waals surface area contributed by atoms with E-state index in [9.17, 15) is 4.79 Å². The highest BCUT2D eigenvalue weighted by atomic mass is 16.1. The molecule has 0 bridgehead atoms. The number of piperidine rings is 1. The normalized spacial score (nSPS) is 18.9. The summed E-state index contributed by atoms with van der Waals surface area (Å²) < 4.78 is 1.03. The molecule has 1 heterocycles. The number of nitrogens with zero attached hydrogens (tertiary/aromatic N) is 1. The van der Waals surface area contributed by atoms with Gasteiger partial charge in [0, 0.05) is 12.8 Å². The lowest BCUT2D eigenvalue weighted by molar-refractivity contribution is -0.945. The van der Waals surface area contributed by atoms with Crippen molar-refractivity contribution in [2.45, 2.75) is 65.8 Å². The summed E-state index contributed by atoms with van der Waals surface area (Å²) in [5, 5.41) is 0. The monoisotopic (exact) mass is 302 g/mol. The maximum absolute atomic E-state index is 13.1. The molecule has 0 aliphatic carbocycles. The molecule has 0 aromatic heterocycles. The number of quaternary nitrogens is 1. The Labute approximate surface area is 136 Å². The number of hydrogen-bond donors (Lipinski definition) is 0. The summed E-state index contributed by atoms with van der Waals surface area (Å²) >= 11 is 0. The molecular formula is C20H32NO+. The number of carbonyl (C=O) groups is 1. The fraction of sp³-hybridized carbons (Fsp3) is 0.650. The third kappa shape index (κ3) is 3.43. The lowest BCUT2D eigenvalue weighted by Crippen LogP contribution is -2.60. The second-order valence-corrected chi connectivity index (χ2v) is 6.98. The Balaban J connectivity index is 2.21. The van der Waals surface area contributed by atoms with Crippen LogP contribution in [-0.4, -0.2) is 35.9 Å². The van der Waals surface area contributed by atoms with Crippen molar-refractivity contribution < 1.29 is 9.28 Å². The third-order valence-electron chi connectivity index (χ3n) is 5.75. The smallest absolute Gasteiger partial charge is 0.194 e. The number of Topliss-reactive ketones (excluding diaryl/α,β-unsaturated/α-hetero) is 1. The summed E-state index contributed by atoms with van der Waals surface area (Å²) in [4.78, 5) is 13.1. The average Bonchev–Trinajstić information content (AvgIpc) is 2.52. The Morgan fingerprint density at radius 3 is 2.18 bits per heavy atom. The molecule has 1 aliphatic rings. The van der Waals surface area contributed by atoms with Crippen molar-refractivity contribution in [2.75, 3.05) is 19.6 Å². The molecule has 2 nitrogen and oxygen atoms in total. The molecule has 2 rings (SSSR count). The summed E-state index contributed by atoms with van der Waals surface area (Å²) in [6, 6.07) is 6.52. The van der Waals surface area contributed by atoms with E-state index in [4.69, 9.17) is 0 Å². The standard InChI is InChI=1S/C20H32NO/c1-5-19(21(6-2)13-8-7-9-14-21)20(22)15-18-16(3)11-10-12-17(18)4/h10-12,19H,5-9,13-15H2,1-4H3/q+1. The Hall–Kier alpha value is -1.15. The number of likely N-dealkylation sites (tertiary alicyclic amines) is 1. The summed E-state index contributed by atoms with van der Waals surface area (Å²) in [7, 11) is 0. The Morgan fingerprint density at radius 2 is 1.68 bits per heavy atom. The van der Waals surface area contributed by atoms with Gasteiger partial charge >= 0.3 is 0 Å². The molecule has 22 heavy (non-hydrogen) atoms. The number of aryl methyl sites for hydroxylation is 2. The van der Waals surface area contributed by atoms with Crippen molar-refractivity contribution in [1.82, 2.24) is 0 Å². The minimum Gasteiger partial charge on any atom is -0.315 e. The van der Waals surface area contributed by atoms with Crippen molar-refractivity contribution in [3.63, 3.8) is 0 Å². The van der Waals surface area contributed by atoms with E-state index >= 15 is 0 Å². The molecule has 0 radical (unpaired) electrons. The molecule has 0 saturated carbocycles. The van der Waals surface area contributed by atoms with Crippen LogP contribution in [-0.2, 0) is 11.2 Å². The molecule has 122 valence electrons. The van der Waals surface area contributed by atoms with Gasteiger partial charge in [0.2, 0.25) is 0 Å². The highest BCUT2D eigenvalue weighted by molar-refractivity contribution is 5.85. The SMILES string of the molecule is CCC(C(=O)Cc1c(C)cccc1C)[N+]1(CC)CCCCC1. The maximum atomic E-state index is 13.1. The molecule has 1 saturated heterocycles. The topological polar surface area (TPSA) is 17.1 Å². The van der Waals surface area contributed by atoms with Crippen LogP contribution in [0.5, 0.6) is 0 Å². The van der Waals surface area contributed by atoms with Crippen molar-refractivity contribution in [3.8, 4) is 0 Å². The lowest BCUT2D eigenvalue weighted by Gasteiger charge is -2.46. The molecule has 0 spiro atoms. The number of hydrogen-bond acceptors (Lipinski definition) is 1. The van der Waals surface area contributed by atoms with Crippen LogP contribution in [0.15, 0.2) is 18.2 Å². The van der Waals surface area contributed by atoms with Gasteiger partial charge in [0.25, 0.3) is 0 Å². The van der Waals surface area contributed by atoms with Crippen molar-refractivity contribution >= 4 is 5.78 Å².